The molecule has 6 heteroatoms. The molecule has 10 aromatic carbocycles. The zero-order valence-electron chi connectivity index (χ0n) is 33.6. The van der Waals surface area contributed by atoms with Crippen LogP contribution in [0.4, 0.5) is 0 Å². The van der Waals surface area contributed by atoms with Crippen molar-refractivity contribution in [1.29, 1.82) is 0 Å². The second-order valence-electron chi connectivity index (χ2n) is 16.2. The van der Waals surface area contributed by atoms with E-state index in [2.05, 4.69) is 138 Å². The molecule has 0 atom stereocenters. The molecule has 0 fully saturated rings. The highest BCUT2D eigenvalue weighted by molar-refractivity contribution is 6.37. The van der Waals surface area contributed by atoms with Crippen LogP contribution in [0.3, 0.4) is 0 Å². The van der Waals surface area contributed by atoms with Gasteiger partial charge in [0.2, 0.25) is 0 Å². The van der Waals surface area contributed by atoms with Gasteiger partial charge in [0.15, 0.2) is 17.5 Å². The summed E-state index contributed by atoms with van der Waals surface area (Å²) in [6.45, 7) is 0. The molecule has 0 N–H and O–H groups in total. The van der Waals surface area contributed by atoms with Crippen molar-refractivity contribution in [2.45, 2.75) is 0 Å². The third kappa shape index (κ3) is 4.91. The number of benzene rings is 10. The molecule has 0 amide bonds. The minimum Gasteiger partial charge on any atom is -0.456 e. The van der Waals surface area contributed by atoms with E-state index in [9.17, 15) is 0 Å². The second kappa shape index (κ2) is 12.9. The fourth-order valence-electron chi connectivity index (χ4n) is 10.1. The van der Waals surface area contributed by atoms with Gasteiger partial charge in [0.05, 0.1) is 16.6 Å². The lowest BCUT2D eigenvalue weighted by atomic mass is 9.89. The van der Waals surface area contributed by atoms with Gasteiger partial charge in [0.1, 0.15) is 22.3 Å². The monoisotopic (exact) mass is 804 g/mol. The Kier molecular flexibility index (Phi) is 7.02. The van der Waals surface area contributed by atoms with Crippen molar-refractivity contribution in [2.75, 3.05) is 0 Å². The van der Waals surface area contributed by atoms with Crippen LogP contribution in [0.5, 0.6) is 0 Å². The number of fused-ring (bicyclic) bond motifs is 9. The van der Waals surface area contributed by atoms with Crippen molar-refractivity contribution in [3.05, 3.63) is 194 Å². The summed E-state index contributed by atoms with van der Waals surface area (Å²) >= 11 is 0. The van der Waals surface area contributed by atoms with Gasteiger partial charge in [-0.1, -0.05) is 146 Å². The van der Waals surface area contributed by atoms with Crippen LogP contribution in [0.2, 0.25) is 0 Å². The molecule has 0 bridgehead atoms. The van der Waals surface area contributed by atoms with E-state index in [1.165, 1.54) is 43.4 Å². The Morgan fingerprint density at radius 3 is 1.73 bits per heavy atom. The minimum atomic E-state index is 0.529. The topological polar surface area (TPSA) is 69.9 Å². The Balaban J connectivity index is 1.01. The lowest BCUT2D eigenvalue weighted by molar-refractivity contribution is 0.669. The fourth-order valence-corrected chi connectivity index (χ4v) is 10.1. The molecule has 4 heterocycles. The molecular weight excluding hydrogens is 773 g/mol. The Labute approximate surface area is 359 Å². The molecule has 6 nitrogen and oxygen atoms in total. The summed E-state index contributed by atoms with van der Waals surface area (Å²) in [5.74, 6) is 1.66. The maximum absolute atomic E-state index is 7.16. The van der Waals surface area contributed by atoms with Crippen LogP contribution >= 0.6 is 0 Å². The number of hydrogen-bond acceptors (Lipinski definition) is 5. The van der Waals surface area contributed by atoms with Gasteiger partial charge in [0.25, 0.3) is 0 Å². The summed E-state index contributed by atoms with van der Waals surface area (Å²) in [7, 11) is 0. The molecule has 0 aliphatic carbocycles. The molecule has 0 radical (unpaired) electrons. The van der Waals surface area contributed by atoms with Gasteiger partial charge in [-0.3, -0.25) is 0 Å². The number of furan rings is 2. The van der Waals surface area contributed by atoms with Gasteiger partial charge in [-0.15, -0.1) is 0 Å². The predicted octanol–water partition coefficient (Wildman–Crippen LogP) is 15.2. The van der Waals surface area contributed by atoms with E-state index >= 15 is 0 Å². The third-order valence-corrected chi connectivity index (χ3v) is 12.8. The normalized spacial score (nSPS) is 12.1. The first-order valence-corrected chi connectivity index (χ1v) is 21.2. The largest absolute Gasteiger partial charge is 0.456 e. The molecular formula is C57H32N4O2. The third-order valence-electron chi connectivity index (χ3n) is 12.8. The lowest BCUT2D eigenvalue weighted by Crippen LogP contribution is -2.00. The molecule has 14 aromatic rings. The number of nitrogens with zero attached hydrogens (tertiary/aromatic N) is 4. The SMILES string of the molecule is c1ccc(-c2nc(-c3ccc4c(c3)oc3ccccc34)nc(-c3cccc4c3oc3c(-c5ccc6c7c5c5ccccc5c5cccc(c57)n6-c5ccccc5)cccc34)n2)cc1. The first-order chi connectivity index (χ1) is 31.2. The number of hydrogen-bond donors (Lipinski definition) is 0. The highest BCUT2D eigenvalue weighted by Gasteiger charge is 2.25. The summed E-state index contributed by atoms with van der Waals surface area (Å²) in [4.78, 5) is 15.4. The van der Waals surface area contributed by atoms with E-state index in [4.69, 9.17) is 23.8 Å². The standard InChI is InChI=1S/C57H32N4O2/c1-3-14-33(15-4-1)55-58-56(34-28-29-38-37-19-9-10-27-48(37)62-49(38)32-34)60-57(59-55)45-25-12-24-44-43-23-11-22-42(53(43)63-54(44)45)41-30-31-47-52-50(41)39-20-8-7-18-36(39)40-21-13-26-46(51(40)52)61(47)35-16-5-2-6-17-35/h1-32H. The summed E-state index contributed by atoms with van der Waals surface area (Å²) in [5, 5.41) is 11.6. The van der Waals surface area contributed by atoms with E-state index in [0.717, 1.165) is 77.4 Å². The smallest absolute Gasteiger partial charge is 0.167 e. The summed E-state index contributed by atoms with van der Waals surface area (Å²) in [5.41, 5.74) is 11.3. The molecule has 0 spiro atoms. The Hall–Kier alpha value is -8.61. The van der Waals surface area contributed by atoms with Gasteiger partial charge >= 0.3 is 0 Å². The fraction of sp³-hybridized carbons (Fsp3) is 0. The highest BCUT2D eigenvalue weighted by atomic mass is 16.3. The van der Waals surface area contributed by atoms with Crippen LogP contribution in [-0.4, -0.2) is 19.5 Å². The van der Waals surface area contributed by atoms with Crippen LogP contribution in [0.1, 0.15) is 0 Å². The predicted molar refractivity (Wildman–Crippen MR) is 257 cm³/mol. The van der Waals surface area contributed by atoms with E-state index in [1.54, 1.807) is 0 Å². The lowest BCUT2D eigenvalue weighted by Gasteiger charge is -2.13. The second-order valence-corrected chi connectivity index (χ2v) is 16.2. The van der Waals surface area contributed by atoms with Crippen LogP contribution in [-0.2, 0) is 0 Å². The van der Waals surface area contributed by atoms with Gasteiger partial charge in [-0.05, 0) is 70.3 Å². The first-order valence-electron chi connectivity index (χ1n) is 21.2. The van der Waals surface area contributed by atoms with E-state index in [-0.39, 0.29) is 0 Å². The molecule has 14 rings (SSSR count). The van der Waals surface area contributed by atoms with Crippen molar-refractivity contribution in [3.8, 4) is 51.0 Å². The van der Waals surface area contributed by atoms with E-state index < -0.39 is 0 Å². The van der Waals surface area contributed by atoms with Crippen LogP contribution < -0.4 is 0 Å². The maximum Gasteiger partial charge on any atom is 0.167 e. The highest BCUT2D eigenvalue weighted by Crippen LogP contribution is 2.49. The average Bonchev–Trinajstić information content (AvgIpc) is 4.04. The number of rotatable bonds is 5. The molecule has 0 aliphatic heterocycles. The molecule has 0 saturated carbocycles. The number of aromatic nitrogens is 4. The number of para-hydroxylation sites is 4. The maximum atomic E-state index is 7.16. The van der Waals surface area contributed by atoms with Gasteiger partial charge in [-0.25, -0.2) is 15.0 Å². The molecule has 0 saturated heterocycles. The minimum absolute atomic E-state index is 0.529. The molecule has 292 valence electrons. The Morgan fingerprint density at radius 1 is 0.317 bits per heavy atom. The van der Waals surface area contributed by atoms with Crippen molar-refractivity contribution >= 4 is 87.2 Å². The first kappa shape index (κ1) is 34.1. The van der Waals surface area contributed by atoms with Crippen molar-refractivity contribution < 1.29 is 8.83 Å². The summed E-state index contributed by atoms with van der Waals surface area (Å²) < 4.78 is 15.9. The molecule has 0 unspecified atom stereocenters. The Bertz CT molecular complexity index is 4140. The van der Waals surface area contributed by atoms with Crippen LogP contribution in [0.25, 0.3) is 138 Å². The summed E-state index contributed by atoms with van der Waals surface area (Å²) in [6, 6.07) is 67.8. The van der Waals surface area contributed by atoms with Gasteiger partial charge in [-0.2, -0.15) is 0 Å². The van der Waals surface area contributed by atoms with E-state index in [0.29, 0.717) is 17.5 Å². The molecule has 63 heavy (non-hydrogen) atoms. The Morgan fingerprint density at radius 2 is 0.905 bits per heavy atom. The zero-order valence-corrected chi connectivity index (χ0v) is 33.6. The molecule has 0 aliphatic rings. The summed E-state index contributed by atoms with van der Waals surface area (Å²) in [6.07, 6.45) is 0. The van der Waals surface area contributed by atoms with Crippen molar-refractivity contribution in [3.63, 3.8) is 0 Å². The van der Waals surface area contributed by atoms with Crippen LogP contribution in [0.15, 0.2) is 203 Å². The van der Waals surface area contributed by atoms with Gasteiger partial charge in [0, 0.05) is 60.1 Å². The average molecular weight is 805 g/mol. The molecule has 4 aromatic heterocycles. The van der Waals surface area contributed by atoms with Crippen molar-refractivity contribution in [1.82, 2.24) is 19.5 Å². The van der Waals surface area contributed by atoms with Gasteiger partial charge < -0.3 is 13.4 Å². The zero-order chi connectivity index (χ0) is 41.2. The van der Waals surface area contributed by atoms with Crippen LogP contribution in [0, 0.1) is 0 Å². The quantitative estimate of drug-likeness (QED) is 0.162. The van der Waals surface area contributed by atoms with E-state index in [1.807, 2.05) is 60.7 Å². The van der Waals surface area contributed by atoms with Crippen molar-refractivity contribution in [2.24, 2.45) is 0 Å².